The lowest BCUT2D eigenvalue weighted by Crippen LogP contribution is -1.95. The molecule has 3 nitrogen and oxygen atoms in total. The van der Waals surface area contributed by atoms with E-state index in [0.717, 1.165) is 26.6 Å². The van der Waals surface area contributed by atoms with E-state index in [-0.39, 0.29) is 0 Å². The Morgan fingerprint density at radius 2 is 1.84 bits per heavy atom. The van der Waals surface area contributed by atoms with Gasteiger partial charge in [-0.3, -0.25) is 0 Å². The first-order chi connectivity index (χ1) is 9.36. The monoisotopic (exact) mass is 287 g/mol. The lowest BCUT2D eigenvalue weighted by atomic mass is 10.1. The number of nitrogens with two attached hydrogens (primary N) is 1. The van der Waals surface area contributed by atoms with Gasteiger partial charge in [0.05, 0.1) is 0 Å². The molecule has 2 heterocycles. The fraction of sp³-hybridized carbons (Fsp3) is 0.143. The molecule has 0 amide bonds. The Kier molecular flexibility index (Phi) is 3.77. The topological polar surface area (TPSA) is 51.8 Å². The molecule has 2 aromatic heterocycles. The first kappa shape index (κ1) is 12.6. The number of aromatic nitrogens is 2. The normalized spacial score (nSPS) is 11.0. The van der Waals surface area contributed by atoms with Crippen LogP contribution in [0.15, 0.2) is 47.1 Å². The molecule has 0 saturated carbocycles. The first-order valence-electron chi connectivity index (χ1n) is 5.95. The molecule has 0 radical (unpaired) electrons. The Hall–Kier alpha value is -1.43. The number of hydrogen-bond acceptors (Lipinski definition) is 5. The molecule has 0 aliphatic heterocycles. The quantitative estimate of drug-likeness (QED) is 0.590. The van der Waals surface area contributed by atoms with Gasteiger partial charge in [0, 0.05) is 17.7 Å². The third-order valence-corrected chi connectivity index (χ3v) is 4.76. The molecular weight excluding hydrogens is 274 g/mol. The summed E-state index contributed by atoms with van der Waals surface area (Å²) in [5, 5.41) is 4.25. The summed E-state index contributed by atoms with van der Waals surface area (Å²) < 4.78 is 0. The standard InChI is InChI=1S/C14H13N3S2/c15-7-10-1-3-11(4-2-10)8-19-14-12-5-6-18-13(12)16-9-17-14/h1-6,9H,7-8,15H2. The number of rotatable bonds is 4. The number of thioether (sulfide) groups is 1. The highest BCUT2D eigenvalue weighted by Crippen LogP contribution is 2.29. The lowest BCUT2D eigenvalue weighted by molar-refractivity contribution is 1.07. The van der Waals surface area contributed by atoms with Gasteiger partial charge in [0.15, 0.2) is 0 Å². The fourth-order valence-corrected chi connectivity index (χ4v) is 3.54. The minimum Gasteiger partial charge on any atom is -0.326 e. The van der Waals surface area contributed by atoms with Crippen molar-refractivity contribution in [1.29, 1.82) is 0 Å². The molecule has 3 aromatic rings. The van der Waals surface area contributed by atoms with Crippen molar-refractivity contribution >= 4 is 33.3 Å². The molecule has 0 spiro atoms. The van der Waals surface area contributed by atoms with Crippen molar-refractivity contribution in [2.75, 3.05) is 0 Å². The predicted octanol–water partition coefficient (Wildman–Crippen LogP) is 3.44. The molecule has 5 heteroatoms. The molecule has 0 atom stereocenters. The summed E-state index contributed by atoms with van der Waals surface area (Å²) in [5.41, 5.74) is 8.04. The van der Waals surface area contributed by atoms with E-state index in [4.69, 9.17) is 5.73 Å². The Balaban J connectivity index is 1.76. The summed E-state index contributed by atoms with van der Waals surface area (Å²) >= 11 is 3.40. The van der Waals surface area contributed by atoms with E-state index < -0.39 is 0 Å². The van der Waals surface area contributed by atoms with Gasteiger partial charge in [-0.2, -0.15) is 0 Å². The van der Waals surface area contributed by atoms with Crippen LogP contribution in [0.3, 0.4) is 0 Å². The van der Waals surface area contributed by atoms with Crippen molar-refractivity contribution in [3.05, 3.63) is 53.2 Å². The Labute approximate surface area is 119 Å². The summed E-state index contributed by atoms with van der Waals surface area (Å²) in [6.07, 6.45) is 1.64. The first-order valence-corrected chi connectivity index (χ1v) is 7.82. The second-order valence-corrected chi connectivity index (χ2v) is 5.99. The van der Waals surface area contributed by atoms with Gasteiger partial charge in [0.2, 0.25) is 0 Å². The molecule has 0 unspecified atom stereocenters. The SMILES string of the molecule is NCc1ccc(CSc2ncnc3sccc23)cc1. The summed E-state index contributed by atoms with van der Waals surface area (Å²) in [7, 11) is 0. The highest BCUT2D eigenvalue weighted by Gasteiger charge is 2.05. The van der Waals surface area contributed by atoms with Crippen molar-refractivity contribution in [3.63, 3.8) is 0 Å². The van der Waals surface area contributed by atoms with E-state index in [1.165, 1.54) is 5.56 Å². The van der Waals surface area contributed by atoms with Crippen LogP contribution in [0.25, 0.3) is 10.2 Å². The average molecular weight is 287 g/mol. The van der Waals surface area contributed by atoms with Crippen molar-refractivity contribution in [2.45, 2.75) is 17.3 Å². The molecule has 2 N–H and O–H groups in total. The van der Waals surface area contributed by atoms with Crippen molar-refractivity contribution in [3.8, 4) is 0 Å². The van der Waals surface area contributed by atoms with Crippen molar-refractivity contribution in [1.82, 2.24) is 9.97 Å². The van der Waals surface area contributed by atoms with E-state index in [1.54, 1.807) is 29.4 Å². The molecule has 0 fully saturated rings. The van der Waals surface area contributed by atoms with Gasteiger partial charge < -0.3 is 5.73 Å². The molecule has 0 saturated heterocycles. The molecule has 19 heavy (non-hydrogen) atoms. The maximum atomic E-state index is 5.59. The predicted molar refractivity (Wildman–Crippen MR) is 81.3 cm³/mol. The Morgan fingerprint density at radius 1 is 1.05 bits per heavy atom. The molecule has 0 aliphatic carbocycles. The van der Waals surface area contributed by atoms with Crippen LogP contribution in [-0.2, 0) is 12.3 Å². The van der Waals surface area contributed by atoms with Crippen LogP contribution in [0.1, 0.15) is 11.1 Å². The van der Waals surface area contributed by atoms with Crippen molar-refractivity contribution < 1.29 is 0 Å². The number of nitrogens with zero attached hydrogens (tertiary/aromatic N) is 2. The van der Waals surface area contributed by atoms with Gasteiger partial charge in [0.25, 0.3) is 0 Å². The minimum atomic E-state index is 0.592. The summed E-state index contributed by atoms with van der Waals surface area (Å²) in [6.45, 7) is 0.592. The lowest BCUT2D eigenvalue weighted by Gasteiger charge is -2.03. The third kappa shape index (κ3) is 2.78. The molecule has 0 aliphatic rings. The average Bonchev–Trinajstić information content (AvgIpc) is 2.94. The maximum Gasteiger partial charge on any atom is 0.127 e. The fourth-order valence-electron chi connectivity index (χ4n) is 1.81. The smallest absolute Gasteiger partial charge is 0.127 e. The van der Waals surface area contributed by atoms with Crippen LogP contribution in [0.4, 0.5) is 0 Å². The van der Waals surface area contributed by atoms with Gasteiger partial charge in [-0.05, 0) is 22.6 Å². The molecule has 96 valence electrons. The van der Waals surface area contributed by atoms with Crippen LogP contribution in [0.2, 0.25) is 0 Å². The van der Waals surface area contributed by atoms with Gasteiger partial charge in [-0.15, -0.1) is 23.1 Å². The van der Waals surface area contributed by atoms with Gasteiger partial charge in [-0.25, -0.2) is 9.97 Å². The van der Waals surface area contributed by atoms with Gasteiger partial charge in [-0.1, -0.05) is 24.3 Å². The van der Waals surface area contributed by atoms with Crippen LogP contribution >= 0.6 is 23.1 Å². The third-order valence-electron chi connectivity index (χ3n) is 2.86. The van der Waals surface area contributed by atoms with Crippen molar-refractivity contribution in [2.24, 2.45) is 5.73 Å². The number of benzene rings is 1. The van der Waals surface area contributed by atoms with Crippen LogP contribution in [-0.4, -0.2) is 9.97 Å². The summed E-state index contributed by atoms with van der Waals surface area (Å²) in [5.74, 6) is 0.910. The maximum absolute atomic E-state index is 5.59. The van der Waals surface area contributed by atoms with Crippen LogP contribution in [0.5, 0.6) is 0 Å². The second kappa shape index (κ2) is 5.69. The number of fused-ring (bicyclic) bond motifs is 1. The molecule has 3 rings (SSSR count). The van der Waals surface area contributed by atoms with E-state index in [0.29, 0.717) is 6.54 Å². The zero-order chi connectivity index (χ0) is 13.1. The minimum absolute atomic E-state index is 0.592. The number of thiophene rings is 1. The Morgan fingerprint density at radius 3 is 2.63 bits per heavy atom. The van der Waals surface area contributed by atoms with E-state index in [2.05, 4.69) is 45.7 Å². The van der Waals surface area contributed by atoms with E-state index >= 15 is 0 Å². The zero-order valence-electron chi connectivity index (χ0n) is 10.2. The van der Waals surface area contributed by atoms with Crippen LogP contribution in [0, 0.1) is 0 Å². The van der Waals surface area contributed by atoms with Gasteiger partial charge in [0.1, 0.15) is 16.2 Å². The van der Waals surface area contributed by atoms with E-state index in [9.17, 15) is 0 Å². The second-order valence-electron chi connectivity index (χ2n) is 4.13. The zero-order valence-corrected chi connectivity index (χ0v) is 11.9. The molecular formula is C14H13N3S2. The number of hydrogen-bond donors (Lipinski definition) is 1. The highest BCUT2D eigenvalue weighted by molar-refractivity contribution is 7.98. The molecule has 0 bridgehead atoms. The summed E-state index contributed by atoms with van der Waals surface area (Å²) in [4.78, 5) is 9.68. The largest absolute Gasteiger partial charge is 0.326 e. The van der Waals surface area contributed by atoms with Gasteiger partial charge >= 0.3 is 0 Å². The molecule has 1 aromatic carbocycles. The van der Waals surface area contributed by atoms with Crippen LogP contribution < -0.4 is 5.73 Å². The van der Waals surface area contributed by atoms with E-state index in [1.807, 2.05) is 0 Å². The Bertz CT molecular complexity index is 676. The summed E-state index contributed by atoms with van der Waals surface area (Å²) in [6, 6.07) is 10.5. The highest BCUT2D eigenvalue weighted by atomic mass is 32.2.